The van der Waals surface area contributed by atoms with E-state index in [1.165, 1.54) is 0 Å². The van der Waals surface area contributed by atoms with Crippen molar-refractivity contribution in [2.24, 2.45) is 5.92 Å². The fraction of sp³-hybridized carbons (Fsp3) is 0.875. The first kappa shape index (κ1) is 7.58. The number of hydrogen-bond donors (Lipinski definition) is 0. The Hall–Kier alpha value is -0.530. The Morgan fingerprint density at radius 3 is 2.50 bits per heavy atom. The Kier molecular flexibility index (Phi) is 2.30. The van der Waals surface area contributed by atoms with Crippen LogP contribution in [0.4, 0.5) is 0 Å². The van der Waals surface area contributed by atoms with Crippen LogP contribution >= 0.6 is 0 Å². The van der Waals surface area contributed by atoms with Gasteiger partial charge in [-0.3, -0.25) is 4.79 Å². The van der Waals surface area contributed by atoms with Gasteiger partial charge in [0.25, 0.3) is 0 Å². The number of esters is 1. The Bertz CT molecular complexity index is 131. The van der Waals surface area contributed by atoms with Gasteiger partial charge in [0.1, 0.15) is 6.10 Å². The first-order chi connectivity index (χ1) is 4.77. The number of carbonyl (C=O) groups excluding carboxylic acids is 1. The summed E-state index contributed by atoms with van der Waals surface area (Å²) in [6.07, 6.45) is 3.03. The highest BCUT2D eigenvalue weighted by Gasteiger charge is 2.31. The minimum atomic E-state index is 0.00866. The molecule has 0 N–H and O–H groups in total. The van der Waals surface area contributed by atoms with Crippen LogP contribution in [0.15, 0.2) is 0 Å². The van der Waals surface area contributed by atoms with E-state index in [1.807, 2.05) is 6.92 Å². The van der Waals surface area contributed by atoms with Crippen molar-refractivity contribution in [1.29, 1.82) is 0 Å². The second-order valence-corrected chi connectivity index (χ2v) is 2.81. The van der Waals surface area contributed by atoms with Crippen molar-refractivity contribution in [2.45, 2.75) is 39.2 Å². The molecule has 0 aliphatic carbocycles. The largest absolute Gasteiger partial charge is 0.462 e. The maximum atomic E-state index is 11.0. The van der Waals surface area contributed by atoms with Gasteiger partial charge >= 0.3 is 5.97 Å². The molecule has 1 fully saturated rings. The molecule has 0 saturated carbocycles. The molecule has 0 radical (unpaired) electrons. The van der Waals surface area contributed by atoms with E-state index in [0.717, 1.165) is 19.3 Å². The van der Waals surface area contributed by atoms with Crippen molar-refractivity contribution in [3.63, 3.8) is 0 Å². The Morgan fingerprint density at radius 1 is 1.50 bits per heavy atom. The van der Waals surface area contributed by atoms with Gasteiger partial charge in [-0.25, -0.2) is 0 Å². The monoisotopic (exact) mass is 142 g/mol. The number of rotatable bonds is 2. The molecule has 0 bridgehead atoms. The third kappa shape index (κ3) is 1.31. The first-order valence-corrected chi connectivity index (χ1v) is 3.98. The topological polar surface area (TPSA) is 26.3 Å². The third-order valence-corrected chi connectivity index (χ3v) is 2.11. The van der Waals surface area contributed by atoms with Gasteiger partial charge in [0, 0.05) is 0 Å². The summed E-state index contributed by atoms with van der Waals surface area (Å²) in [5.41, 5.74) is 0. The van der Waals surface area contributed by atoms with Gasteiger partial charge < -0.3 is 4.74 Å². The molecule has 58 valence electrons. The summed E-state index contributed by atoms with van der Waals surface area (Å²) in [6, 6.07) is 0. The normalized spacial score (nSPS) is 32.4. The molecule has 0 aromatic carbocycles. The SMILES string of the molecule is CC[C@H]1C[C@@H](CC)C(=O)O1. The van der Waals surface area contributed by atoms with E-state index in [9.17, 15) is 4.79 Å². The van der Waals surface area contributed by atoms with Gasteiger partial charge in [-0.05, 0) is 19.3 Å². The van der Waals surface area contributed by atoms with Crippen molar-refractivity contribution in [2.75, 3.05) is 0 Å². The summed E-state index contributed by atoms with van der Waals surface area (Å²) >= 11 is 0. The summed E-state index contributed by atoms with van der Waals surface area (Å²) in [6.45, 7) is 4.08. The van der Waals surface area contributed by atoms with E-state index >= 15 is 0 Å². The van der Waals surface area contributed by atoms with Gasteiger partial charge in [-0.1, -0.05) is 13.8 Å². The van der Waals surface area contributed by atoms with E-state index < -0.39 is 0 Å². The molecule has 0 aromatic heterocycles. The molecular weight excluding hydrogens is 128 g/mol. The molecule has 2 heteroatoms. The van der Waals surface area contributed by atoms with Crippen LogP contribution in [-0.2, 0) is 9.53 Å². The molecule has 1 rings (SSSR count). The van der Waals surface area contributed by atoms with Crippen molar-refractivity contribution in [1.82, 2.24) is 0 Å². The van der Waals surface area contributed by atoms with E-state index in [-0.39, 0.29) is 18.0 Å². The number of ether oxygens (including phenoxy) is 1. The van der Waals surface area contributed by atoms with Crippen LogP contribution in [0.3, 0.4) is 0 Å². The smallest absolute Gasteiger partial charge is 0.309 e. The molecule has 1 aliphatic rings. The van der Waals surface area contributed by atoms with Crippen LogP contribution in [0.25, 0.3) is 0 Å². The van der Waals surface area contributed by atoms with E-state index in [2.05, 4.69) is 6.92 Å². The summed E-state index contributed by atoms with van der Waals surface area (Å²) < 4.78 is 5.08. The lowest BCUT2D eigenvalue weighted by Crippen LogP contribution is -2.05. The lowest BCUT2D eigenvalue weighted by molar-refractivity contribution is -0.144. The number of carbonyl (C=O) groups is 1. The molecule has 10 heavy (non-hydrogen) atoms. The lowest BCUT2D eigenvalue weighted by atomic mass is 10.0. The molecule has 1 saturated heterocycles. The van der Waals surface area contributed by atoms with Crippen molar-refractivity contribution in [3.05, 3.63) is 0 Å². The summed E-state index contributed by atoms with van der Waals surface area (Å²) in [4.78, 5) is 11.0. The van der Waals surface area contributed by atoms with Gasteiger partial charge in [0.15, 0.2) is 0 Å². The predicted molar refractivity (Wildman–Crippen MR) is 38.6 cm³/mol. The Morgan fingerprint density at radius 2 is 2.20 bits per heavy atom. The molecule has 2 atom stereocenters. The van der Waals surface area contributed by atoms with Gasteiger partial charge in [0.2, 0.25) is 0 Å². The summed E-state index contributed by atoms with van der Waals surface area (Å²) in [5.74, 6) is 0.194. The zero-order valence-electron chi connectivity index (χ0n) is 6.59. The number of cyclic esters (lactones) is 1. The van der Waals surface area contributed by atoms with Crippen molar-refractivity contribution >= 4 is 5.97 Å². The molecule has 0 spiro atoms. The van der Waals surface area contributed by atoms with Crippen LogP contribution in [0, 0.1) is 5.92 Å². The van der Waals surface area contributed by atoms with Crippen LogP contribution < -0.4 is 0 Å². The van der Waals surface area contributed by atoms with E-state index in [4.69, 9.17) is 4.74 Å². The highest BCUT2D eigenvalue weighted by molar-refractivity contribution is 5.74. The van der Waals surface area contributed by atoms with Crippen LogP contribution in [0.2, 0.25) is 0 Å². The van der Waals surface area contributed by atoms with Crippen molar-refractivity contribution in [3.8, 4) is 0 Å². The van der Waals surface area contributed by atoms with E-state index in [1.54, 1.807) is 0 Å². The fourth-order valence-corrected chi connectivity index (χ4v) is 1.31. The van der Waals surface area contributed by atoms with Crippen LogP contribution in [-0.4, -0.2) is 12.1 Å². The molecule has 0 amide bonds. The molecule has 1 heterocycles. The third-order valence-electron chi connectivity index (χ3n) is 2.11. The van der Waals surface area contributed by atoms with E-state index in [0.29, 0.717) is 0 Å². The second-order valence-electron chi connectivity index (χ2n) is 2.81. The molecule has 2 nitrogen and oxygen atoms in total. The van der Waals surface area contributed by atoms with Crippen molar-refractivity contribution < 1.29 is 9.53 Å². The highest BCUT2D eigenvalue weighted by atomic mass is 16.5. The summed E-state index contributed by atoms with van der Waals surface area (Å²) in [5, 5.41) is 0. The first-order valence-electron chi connectivity index (χ1n) is 3.98. The maximum absolute atomic E-state index is 11.0. The minimum Gasteiger partial charge on any atom is -0.462 e. The van der Waals surface area contributed by atoms with Crippen LogP contribution in [0.1, 0.15) is 33.1 Å². The minimum absolute atomic E-state index is 0.00866. The summed E-state index contributed by atoms with van der Waals surface area (Å²) in [7, 11) is 0. The standard InChI is InChI=1S/C8H14O2/c1-3-6-5-7(4-2)10-8(6)9/h6-7H,3-5H2,1-2H3/t6-,7+/m1/s1. The Labute approximate surface area is 61.6 Å². The van der Waals surface area contributed by atoms with Gasteiger partial charge in [0.05, 0.1) is 5.92 Å². The van der Waals surface area contributed by atoms with Crippen LogP contribution in [0.5, 0.6) is 0 Å². The fourth-order valence-electron chi connectivity index (χ4n) is 1.31. The second kappa shape index (κ2) is 3.04. The zero-order chi connectivity index (χ0) is 7.56. The average Bonchev–Trinajstić information content (AvgIpc) is 2.30. The predicted octanol–water partition coefficient (Wildman–Crippen LogP) is 1.74. The van der Waals surface area contributed by atoms with Gasteiger partial charge in [-0.2, -0.15) is 0 Å². The number of hydrogen-bond acceptors (Lipinski definition) is 2. The average molecular weight is 142 g/mol. The Balaban J connectivity index is 2.44. The lowest BCUT2D eigenvalue weighted by Gasteiger charge is -2.01. The molecular formula is C8H14O2. The molecule has 0 aromatic rings. The highest BCUT2D eigenvalue weighted by Crippen LogP contribution is 2.25. The zero-order valence-corrected chi connectivity index (χ0v) is 6.59. The molecule has 1 aliphatic heterocycles. The quantitative estimate of drug-likeness (QED) is 0.549. The maximum Gasteiger partial charge on any atom is 0.309 e. The molecule has 0 unspecified atom stereocenters. The van der Waals surface area contributed by atoms with Gasteiger partial charge in [-0.15, -0.1) is 0 Å².